The van der Waals surface area contributed by atoms with E-state index in [0.29, 0.717) is 30.9 Å². The number of carboxylic acids is 1. The van der Waals surface area contributed by atoms with Crippen LogP contribution in [-0.2, 0) is 9.53 Å². The van der Waals surface area contributed by atoms with Crippen molar-refractivity contribution < 1.29 is 24.5 Å². The van der Waals surface area contributed by atoms with Gasteiger partial charge in [0.25, 0.3) is 0 Å². The third-order valence-electron chi connectivity index (χ3n) is 3.41. The second kappa shape index (κ2) is 7.75. The second-order valence-corrected chi connectivity index (χ2v) is 4.70. The molecule has 0 saturated carbocycles. The highest BCUT2D eigenvalue weighted by atomic mass is 16.5. The van der Waals surface area contributed by atoms with Gasteiger partial charge in [-0.3, -0.25) is 4.79 Å². The zero-order chi connectivity index (χ0) is 15.1. The van der Waals surface area contributed by atoms with Gasteiger partial charge < -0.3 is 19.7 Å². The van der Waals surface area contributed by atoms with Crippen molar-refractivity contribution in [3.63, 3.8) is 0 Å². The molecule has 0 aliphatic heterocycles. The van der Waals surface area contributed by atoms with Crippen LogP contribution in [0.4, 0.5) is 0 Å². The largest absolute Gasteiger partial charge is 0.508 e. The lowest BCUT2D eigenvalue weighted by molar-refractivity contribution is -0.142. The van der Waals surface area contributed by atoms with Crippen LogP contribution < -0.4 is 4.74 Å². The number of carbonyl (C=O) groups is 1. The van der Waals surface area contributed by atoms with E-state index < -0.39 is 11.9 Å². The standard InChI is InChI=1S/C15H22O5/c1-4-12(15(17)18)10(2)13-6-5-11(9-14(13)16)20-8-7-19-3/h5-6,9-10,12,16H,4,7-8H2,1-3H3,(H,17,18). The third kappa shape index (κ3) is 4.13. The normalized spacial score (nSPS) is 13.8. The Balaban J connectivity index is 2.84. The van der Waals surface area contributed by atoms with Crippen molar-refractivity contribution in [3.8, 4) is 11.5 Å². The molecule has 1 rings (SSSR count). The zero-order valence-corrected chi connectivity index (χ0v) is 12.1. The van der Waals surface area contributed by atoms with E-state index in [2.05, 4.69) is 0 Å². The van der Waals surface area contributed by atoms with Gasteiger partial charge in [0.05, 0.1) is 12.5 Å². The van der Waals surface area contributed by atoms with Gasteiger partial charge in [-0.25, -0.2) is 0 Å². The van der Waals surface area contributed by atoms with Crippen molar-refractivity contribution in [2.75, 3.05) is 20.3 Å². The number of benzene rings is 1. The zero-order valence-electron chi connectivity index (χ0n) is 12.1. The van der Waals surface area contributed by atoms with Gasteiger partial charge in [0.15, 0.2) is 0 Å². The Kier molecular flexibility index (Phi) is 6.31. The van der Waals surface area contributed by atoms with Crippen molar-refractivity contribution >= 4 is 5.97 Å². The first-order chi connectivity index (χ1) is 9.51. The fourth-order valence-electron chi connectivity index (χ4n) is 2.20. The van der Waals surface area contributed by atoms with Crippen LogP contribution in [0.2, 0.25) is 0 Å². The molecule has 1 aromatic rings. The molecular formula is C15H22O5. The number of hydrogen-bond acceptors (Lipinski definition) is 4. The van der Waals surface area contributed by atoms with Gasteiger partial charge in [-0.1, -0.05) is 19.9 Å². The lowest BCUT2D eigenvalue weighted by Gasteiger charge is -2.20. The van der Waals surface area contributed by atoms with Crippen LogP contribution in [0.1, 0.15) is 31.7 Å². The molecule has 0 aliphatic carbocycles. The van der Waals surface area contributed by atoms with E-state index in [4.69, 9.17) is 9.47 Å². The first kappa shape index (κ1) is 16.3. The third-order valence-corrected chi connectivity index (χ3v) is 3.41. The molecule has 1 aromatic carbocycles. The quantitative estimate of drug-likeness (QED) is 0.717. The molecule has 112 valence electrons. The summed E-state index contributed by atoms with van der Waals surface area (Å²) in [6.45, 7) is 4.50. The van der Waals surface area contributed by atoms with E-state index in [-0.39, 0.29) is 11.7 Å². The molecule has 0 radical (unpaired) electrons. The average molecular weight is 282 g/mol. The molecule has 0 heterocycles. The Hall–Kier alpha value is -1.75. The van der Waals surface area contributed by atoms with Crippen LogP contribution in [0.5, 0.6) is 11.5 Å². The summed E-state index contributed by atoms with van der Waals surface area (Å²) in [5, 5.41) is 19.2. The van der Waals surface area contributed by atoms with E-state index in [1.807, 2.05) is 13.8 Å². The SMILES string of the molecule is CCC(C(=O)O)C(C)c1ccc(OCCOC)cc1O. The van der Waals surface area contributed by atoms with E-state index in [1.165, 1.54) is 6.07 Å². The summed E-state index contributed by atoms with van der Waals surface area (Å²) >= 11 is 0. The van der Waals surface area contributed by atoms with Crippen molar-refractivity contribution in [1.82, 2.24) is 0 Å². The monoisotopic (exact) mass is 282 g/mol. The van der Waals surface area contributed by atoms with E-state index >= 15 is 0 Å². The highest BCUT2D eigenvalue weighted by Crippen LogP contribution is 2.35. The minimum atomic E-state index is -0.847. The summed E-state index contributed by atoms with van der Waals surface area (Å²) in [7, 11) is 1.59. The molecule has 0 aromatic heterocycles. The summed E-state index contributed by atoms with van der Waals surface area (Å²) in [4.78, 5) is 11.2. The van der Waals surface area contributed by atoms with Crippen LogP contribution in [0.3, 0.4) is 0 Å². The number of aliphatic carboxylic acids is 1. The van der Waals surface area contributed by atoms with Crippen molar-refractivity contribution in [2.24, 2.45) is 5.92 Å². The maximum absolute atomic E-state index is 11.2. The molecule has 2 atom stereocenters. The van der Waals surface area contributed by atoms with Gasteiger partial charge >= 0.3 is 5.97 Å². The molecular weight excluding hydrogens is 260 g/mol. The first-order valence-electron chi connectivity index (χ1n) is 6.68. The Morgan fingerprint density at radius 2 is 2.05 bits per heavy atom. The molecule has 20 heavy (non-hydrogen) atoms. The van der Waals surface area contributed by atoms with Crippen LogP contribution in [0, 0.1) is 5.92 Å². The summed E-state index contributed by atoms with van der Waals surface area (Å²) in [6.07, 6.45) is 0.516. The number of carboxylic acid groups (broad SMARTS) is 1. The number of aromatic hydroxyl groups is 1. The Labute approximate surface area is 119 Å². The molecule has 0 amide bonds. The summed E-state index contributed by atoms with van der Waals surface area (Å²) < 4.78 is 10.3. The molecule has 0 spiro atoms. The molecule has 5 nitrogen and oxygen atoms in total. The number of phenols is 1. The smallest absolute Gasteiger partial charge is 0.307 e. The van der Waals surface area contributed by atoms with Gasteiger partial charge in [0.1, 0.15) is 18.1 Å². The molecule has 0 saturated heterocycles. The molecule has 0 aliphatic rings. The molecule has 0 bridgehead atoms. The van der Waals surface area contributed by atoms with Gasteiger partial charge in [-0.15, -0.1) is 0 Å². The Bertz CT molecular complexity index is 444. The van der Waals surface area contributed by atoms with E-state index in [0.717, 1.165) is 0 Å². The topological polar surface area (TPSA) is 76.0 Å². The van der Waals surface area contributed by atoms with Crippen molar-refractivity contribution in [1.29, 1.82) is 0 Å². The first-order valence-corrected chi connectivity index (χ1v) is 6.68. The van der Waals surface area contributed by atoms with Gasteiger partial charge in [-0.05, 0) is 24.0 Å². The van der Waals surface area contributed by atoms with Gasteiger partial charge in [-0.2, -0.15) is 0 Å². The van der Waals surface area contributed by atoms with E-state index in [1.54, 1.807) is 19.2 Å². The highest BCUT2D eigenvalue weighted by molar-refractivity contribution is 5.71. The minimum Gasteiger partial charge on any atom is -0.508 e. The second-order valence-electron chi connectivity index (χ2n) is 4.70. The minimum absolute atomic E-state index is 0.0621. The summed E-state index contributed by atoms with van der Waals surface area (Å²) in [5.41, 5.74) is 0.623. The summed E-state index contributed by atoms with van der Waals surface area (Å²) in [5.74, 6) is -1.02. The Morgan fingerprint density at radius 1 is 1.35 bits per heavy atom. The Morgan fingerprint density at radius 3 is 2.55 bits per heavy atom. The number of hydrogen-bond donors (Lipinski definition) is 2. The number of rotatable bonds is 8. The predicted octanol–water partition coefficient (Wildman–Crippen LogP) is 2.63. The highest BCUT2D eigenvalue weighted by Gasteiger charge is 2.26. The fourth-order valence-corrected chi connectivity index (χ4v) is 2.20. The maximum Gasteiger partial charge on any atom is 0.307 e. The summed E-state index contributed by atoms with van der Waals surface area (Å²) in [6, 6.07) is 4.96. The molecule has 5 heteroatoms. The molecule has 2 N–H and O–H groups in total. The molecule has 0 fully saturated rings. The number of phenolic OH excluding ortho intramolecular Hbond substituents is 1. The van der Waals surface area contributed by atoms with Crippen molar-refractivity contribution in [2.45, 2.75) is 26.2 Å². The van der Waals surface area contributed by atoms with Crippen molar-refractivity contribution in [3.05, 3.63) is 23.8 Å². The maximum atomic E-state index is 11.2. The number of ether oxygens (including phenoxy) is 2. The van der Waals surface area contributed by atoms with Gasteiger partial charge in [0, 0.05) is 13.2 Å². The van der Waals surface area contributed by atoms with E-state index in [9.17, 15) is 15.0 Å². The van der Waals surface area contributed by atoms with Crippen LogP contribution in [0.15, 0.2) is 18.2 Å². The van der Waals surface area contributed by atoms with Gasteiger partial charge in [0.2, 0.25) is 0 Å². The molecule has 2 unspecified atom stereocenters. The van der Waals surface area contributed by atoms with Crippen LogP contribution in [-0.4, -0.2) is 36.5 Å². The fraction of sp³-hybridized carbons (Fsp3) is 0.533. The predicted molar refractivity (Wildman–Crippen MR) is 75.3 cm³/mol. The van der Waals surface area contributed by atoms with Crippen LogP contribution >= 0.6 is 0 Å². The lowest BCUT2D eigenvalue weighted by Crippen LogP contribution is -2.19. The van der Waals surface area contributed by atoms with Crippen LogP contribution in [0.25, 0.3) is 0 Å². The number of methoxy groups -OCH3 is 1. The average Bonchev–Trinajstić information content (AvgIpc) is 2.39. The lowest BCUT2D eigenvalue weighted by atomic mass is 9.85.